The molecule has 9 heteroatoms. The molecule has 3 heterocycles. The van der Waals surface area contributed by atoms with E-state index >= 15 is 0 Å². The Morgan fingerprint density at radius 3 is 2.73 bits per heavy atom. The Labute approximate surface area is 197 Å². The van der Waals surface area contributed by atoms with Crippen LogP contribution in [-0.2, 0) is 21.9 Å². The molecular formula is C24H29ClN4O4. The van der Waals surface area contributed by atoms with E-state index in [0.29, 0.717) is 23.8 Å². The summed E-state index contributed by atoms with van der Waals surface area (Å²) in [7, 11) is 0. The first kappa shape index (κ1) is 22.5. The fraction of sp³-hybridized carbons (Fsp3) is 0.542. The maximum Gasteiger partial charge on any atom is 0.262 e. The highest BCUT2D eigenvalue weighted by atomic mass is 35.5. The van der Waals surface area contributed by atoms with E-state index in [0.717, 1.165) is 37.7 Å². The van der Waals surface area contributed by atoms with Gasteiger partial charge in [0.1, 0.15) is 17.9 Å². The van der Waals surface area contributed by atoms with Gasteiger partial charge in [-0.2, -0.15) is 4.98 Å². The standard InChI is InChI=1S/C24H29ClN4O4/c1-3-18-15(2)20(31-14-16-9-5-4-6-10-16)24(30,33-18)19-13-26-21-22(27-23(25)28-29(19)21)32-17-11-7-8-12-17/h4-6,9-10,13,15,17-18,20,30H,3,7-8,11-12,14H2,1-2H3/t15-,18-,20?,24+/m1/s1. The fourth-order valence-corrected chi connectivity index (χ4v) is 5.11. The maximum absolute atomic E-state index is 11.9. The number of hydrogen-bond acceptors (Lipinski definition) is 7. The van der Waals surface area contributed by atoms with Crippen LogP contribution >= 0.6 is 11.6 Å². The second kappa shape index (κ2) is 9.18. The Hall–Kier alpha value is -2.26. The molecule has 0 spiro atoms. The number of hydrogen-bond donors (Lipinski definition) is 1. The van der Waals surface area contributed by atoms with Gasteiger partial charge in [-0.25, -0.2) is 9.50 Å². The van der Waals surface area contributed by atoms with E-state index in [-0.39, 0.29) is 23.4 Å². The summed E-state index contributed by atoms with van der Waals surface area (Å²) in [5.74, 6) is -1.49. The molecule has 0 radical (unpaired) electrons. The number of fused-ring (bicyclic) bond motifs is 1. The average Bonchev–Trinajstić information content (AvgIpc) is 3.53. The molecule has 176 valence electrons. The molecule has 2 aromatic heterocycles. The van der Waals surface area contributed by atoms with Gasteiger partial charge < -0.3 is 19.3 Å². The number of aliphatic hydroxyl groups is 1. The molecule has 3 aromatic rings. The molecule has 1 aliphatic carbocycles. The number of benzene rings is 1. The monoisotopic (exact) mass is 472 g/mol. The first-order valence-corrected chi connectivity index (χ1v) is 12.0. The van der Waals surface area contributed by atoms with Crippen molar-refractivity contribution in [3.05, 3.63) is 53.1 Å². The van der Waals surface area contributed by atoms with Gasteiger partial charge in [-0.05, 0) is 49.3 Å². The van der Waals surface area contributed by atoms with Crippen LogP contribution in [0.1, 0.15) is 57.2 Å². The highest BCUT2D eigenvalue weighted by Gasteiger charge is 2.56. The molecule has 1 saturated heterocycles. The lowest BCUT2D eigenvalue weighted by Crippen LogP contribution is -2.41. The van der Waals surface area contributed by atoms with E-state index in [2.05, 4.69) is 15.1 Å². The summed E-state index contributed by atoms with van der Waals surface area (Å²) in [5, 5.41) is 16.2. The molecule has 1 N–H and O–H groups in total. The summed E-state index contributed by atoms with van der Waals surface area (Å²) in [4.78, 5) is 8.74. The van der Waals surface area contributed by atoms with Gasteiger partial charge in [0.15, 0.2) is 0 Å². The highest BCUT2D eigenvalue weighted by Crippen LogP contribution is 2.44. The van der Waals surface area contributed by atoms with Crippen molar-refractivity contribution in [3.8, 4) is 5.88 Å². The first-order chi connectivity index (χ1) is 16.0. The molecule has 2 aliphatic rings. The average molecular weight is 473 g/mol. The van der Waals surface area contributed by atoms with E-state index in [1.165, 1.54) is 4.52 Å². The SMILES string of the molecule is CC[C@H]1O[C@@](O)(c2cnc3c(OC4CCCC4)nc(Cl)nn23)C(OCc2ccccc2)[C@@H]1C. The Kier molecular flexibility index (Phi) is 6.26. The number of halogens is 1. The molecule has 5 rings (SSSR count). The first-order valence-electron chi connectivity index (χ1n) is 11.6. The predicted molar refractivity (Wildman–Crippen MR) is 122 cm³/mol. The zero-order valence-corrected chi connectivity index (χ0v) is 19.6. The molecule has 8 nitrogen and oxygen atoms in total. The summed E-state index contributed by atoms with van der Waals surface area (Å²) in [6.07, 6.45) is 5.75. The van der Waals surface area contributed by atoms with Crippen molar-refractivity contribution in [3.63, 3.8) is 0 Å². The van der Waals surface area contributed by atoms with Gasteiger partial charge in [-0.15, -0.1) is 5.10 Å². The molecule has 2 fully saturated rings. The van der Waals surface area contributed by atoms with Crippen molar-refractivity contribution in [2.75, 3.05) is 0 Å². The van der Waals surface area contributed by atoms with E-state index in [4.69, 9.17) is 25.8 Å². The lowest BCUT2D eigenvalue weighted by atomic mass is 9.93. The zero-order chi connectivity index (χ0) is 23.0. The summed E-state index contributed by atoms with van der Waals surface area (Å²) >= 11 is 6.25. The second-order valence-corrected chi connectivity index (χ2v) is 9.26. The highest BCUT2D eigenvalue weighted by molar-refractivity contribution is 6.28. The van der Waals surface area contributed by atoms with Crippen molar-refractivity contribution in [1.82, 2.24) is 19.6 Å². The van der Waals surface area contributed by atoms with Gasteiger partial charge in [0, 0.05) is 5.92 Å². The van der Waals surface area contributed by atoms with Gasteiger partial charge in [0.2, 0.25) is 16.7 Å². The van der Waals surface area contributed by atoms with Crippen LogP contribution in [0.3, 0.4) is 0 Å². The van der Waals surface area contributed by atoms with E-state index in [1.807, 2.05) is 44.2 Å². The van der Waals surface area contributed by atoms with Crippen LogP contribution in [0, 0.1) is 5.92 Å². The number of imidazole rings is 1. The van der Waals surface area contributed by atoms with E-state index < -0.39 is 11.9 Å². The summed E-state index contributed by atoms with van der Waals surface area (Å²) in [6.45, 7) is 4.41. The van der Waals surface area contributed by atoms with Gasteiger partial charge in [-0.1, -0.05) is 44.2 Å². The van der Waals surface area contributed by atoms with Crippen LogP contribution in [0.2, 0.25) is 5.28 Å². The van der Waals surface area contributed by atoms with Gasteiger partial charge >= 0.3 is 0 Å². The molecule has 1 aromatic carbocycles. The number of ether oxygens (including phenoxy) is 3. The largest absolute Gasteiger partial charge is 0.472 e. The smallest absolute Gasteiger partial charge is 0.262 e. The topological polar surface area (TPSA) is 91.0 Å². The Balaban J connectivity index is 1.50. The van der Waals surface area contributed by atoms with Crippen LogP contribution in [0.4, 0.5) is 0 Å². The fourth-order valence-electron chi connectivity index (χ4n) is 4.96. The number of aromatic nitrogens is 4. The van der Waals surface area contributed by atoms with Crippen molar-refractivity contribution in [2.45, 2.75) is 76.7 Å². The van der Waals surface area contributed by atoms with Crippen LogP contribution in [0.25, 0.3) is 5.65 Å². The minimum atomic E-state index is -1.75. The van der Waals surface area contributed by atoms with Crippen LogP contribution in [-0.4, -0.2) is 43.0 Å². The molecule has 1 aliphatic heterocycles. The molecule has 4 atom stereocenters. The van der Waals surface area contributed by atoms with Gasteiger partial charge in [0.05, 0.1) is 18.9 Å². The molecule has 0 bridgehead atoms. The zero-order valence-electron chi connectivity index (χ0n) is 18.9. The third-order valence-corrected chi connectivity index (χ3v) is 6.87. The van der Waals surface area contributed by atoms with E-state index in [1.54, 1.807) is 6.20 Å². The molecule has 1 unspecified atom stereocenters. The minimum absolute atomic E-state index is 0.0122. The number of rotatable bonds is 7. The normalized spacial score (nSPS) is 28.1. The van der Waals surface area contributed by atoms with Gasteiger partial charge in [-0.3, -0.25) is 0 Å². The van der Waals surface area contributed by atoms with Crippen LogP contribution < -0.4 is 4.74 Å². The molecule has 33 heavy (non-hydrogen) atoms. The predicted octanol–water partition coefficient (Wildman–Crippen LogP) is 4.27. The lowest BCUT2D eigenvalue weighted by Gasteiger charge is -2.29. The second-order valence-electron chi connectivity index (χ2n) is 8.93. The summed E-state index contributed by atoms with van der Waals surface area (Å²) in [5.41, 5.74) is 1.76. The number of nitrogens with zero attached hydrogens (tertiary/aromatic N) is 4. The lowest BCUT2D eigenvalue weighted by molar-refractivity contribution is -0.251. The molecule has 0 amide bonds. The molecular weight excluding hydrogens is 444 g/mol. The quantitative estimate of drug-likeness (QED) is 0.548. The Morgan fingerprint density at radius 1 is 1.24 bits per heavy atom. The van der Waals surface area contributed by atoms with Crippen molar-refractivity contribution in [2.24, 2.45) is 5.92 Å². The maximum atomic E-state index is 11.9. The Bertz CT molecular complexity index is 1100. The summed E-state index contributed by atoms with van der Waals surface area (Å²) < 4.78 is 20.0. The Morgan fingerprint density at radius 2 is 2.00 bits per heavy atom. The third-order valence-electron chi connectivity index (χ3n) is 6.71. The van der Waals surface area contributed by atoms with Gasteiger partial charge in [0.25, 0.3) is 5.88 Å². The van der Waals surface area contributed by atoms with E-state index in [9.17, 15) is 5.11 Å². The van der Waals surface area contributed by atoms with Crippen molar-refractivity contribution in [1.29, 1.82) is 0 Å². The summed E-state index contributed by atoms with van der Waals surface area (Å²) in [6, 6.07) is 9.86. The third kappa shape index (κ3) is 4.21. The minimum Gasteiger partial charge on any atom is -0.472 e. The molecule has 1 saturated carbocycles. The van der Waals surface area contributed by atoms with Crippen LogP contribution in [0.15, 0.2) is 36.5 Å². The van der Waals surface area contributed by atoms with Crippen molar-refractivity contribution < 1.29 is 19.3 Å². The van der Waals surface area contributed by atoms with Crippen LogP contribution in [0.5, 0.6) is 5.88 Å². The van der Waals surface area contributed by atoms with Crippen molar-refractivity contribution >= 4 is 17.2 Å².